The van der Waals surface area contributed by atoms with E-state index < -0.39 is 10.0 Å². The quantitative estimate of drug-likeness (QED) is 0.844. The first-order chi connectivity index (χ1) is 8.24. The van der Waals surface area contributed by atoms with Gasteiger partial charge < -0.3 is 5.73 Å². The van der Waals surface area contributed by atoms with Crippen molar-refractivity contribution in [1.82, 2.24) is 9.71 Å². The van der Waals surface area contributed by atoms with Crippen LogP contribution in [-0.4, -0.2) is 19.9 Å². The Morgan fingerprint density at radius 1 is 1.33 bits per heavy atom. The average Bonchev–Trinajstić information content (AvgIpc) is 2.27. The fourth-order valence-electron chi connectivity index (χ4n) is 1.32. The summed E-state index contributed by atoms with van der Waals surface area (Å²) in [4.78, 5) is 3.91. The van der Waals surface area contributed by atoms with E-state index in [9.17, 15) is 8.42 Å². The summed E-state index contributed by atoms with van der Waals surface area (Å²) in [5.41, 5.74) is 6.34. The van der Waals surface area contributed by atoms with E-state index in [1.807, 2.05) is 0 Å². The lowest BCUT2D eigenvalue weighted by Gasteiger charge is -2.17. The van der Waals surface area contributed by atoms with E-state index in [2.05, 4.69) is 30.5 Å². The number of nitrogens with two attached hydrogens (primary N) is 1. The predicted octanol–water partition coefficient (Wildman–Crippen LogP) is 1.25. The van der Waals surface area contributed by atoms with Crippen LogP contribution >= 0.6 is 0 Å². The van der Waals surface area contributed by atoms with Gasteiger partial charge in [0.2, 0.25) is 0 Å². The summed E-state index contributed by atoms with van der Waals surface area (Å²) < 4.78 is 26.4. The van der Waals surface area contributed by atoms with Crippen molar-refractivity contribution in [1.29, 1.82) is 0 Å². The van der Waals surface area contributed by atoms with Gasteiger partial charge in [-0.1, -0.05) is 26.8 Å². The largest absolute Gasteiger partial charge is 0.326 e. The fraction of sp³-hybridized carbons (Fsp3) is 0.583. The first-order valence-electron chi connectivity index (χ1n) is 5.89. The molecule has 1 aromatic rings. The second-order valence-corrected chi connectivity index (χ2v) is 7.13. The zero-order valence-corrected chi connectivity index (χ0v) is 11.9. The van der Waals surface area contributed by atoms with Crippen molar-refractivity contribution in [2.24, 2.45) is 11.1 Å². The molecule has 0 bridgehead atoms. The van der Waals surface area contributed by atoms with Gasteiger partial charge in [0.25, 0.3) is 10.0 Å². The number of pyridine rings is 1. The van der Waals surface area contributed by atoms with Crippen LogP contribution in [-0.2, 0) is 16.6 Å². The van der Waals surface area contributed by atoms with E-state index in [0.29, 0.717) is 13.1 Å². The molecule has 0 saturated carbocycles. The van der Waals surface area contributed by atoms with Crippen molar-refractivity contribution in [2.75, 3.05) is 6.54 Å². The molecule has 0 saturated heterocycles. The maximum absolute atomic E-state index is 11.9. The lowest BCUT2D eigenvalue weighted by molar-refractivity contribution is 0.378. The number of rotatable bonds is 5. The molecule has 18 heavy (non-hydrogen) atoms. The van der Waals surface area contributed by atoms with Crippen LogP contribution in [0.2, 0.25) is 0 Å². The van der Waals surface area contributed by atoms with Crippen LogP contribution in [0.5, 0.6) is 0 Å². The minimum absolute atomic E-state index is 0.0357. The van der Waals surface area contributed by atoms with Crippen molar-refractivity contribution >= 4 is 10.0 Å². The highest BCUT2D eigenvalue weighted by Crippen LogP contribution is 2.17. The summed E-state index contributed by atoms with van der Waals surface area (Å²) in [5, 5.41) is 0.0357. The van der Waals surface area contributed by atoms with Crippen molar-refractivity contribution in [3.63, 3.8) is 0 Å². The molecular weight excluding hydrogens is 250 g/mol. The molecule has 0 aromatic carbocycles. The van der Waals surface area contributed by atoms with Gasteiger partial charge in [-0.25, -0.2) is 18.1 Å². The second-order valence-electron chi connectivity index (χ2n) is 5.42. The fourth-order valence-corrected chi connectivity index (χ4v) is 2.28. The van der Waals surface area contributed by atoms with Crippen LogP contribution < -0.4 is 10.5 Å². The van der Waals surface area contributed by atoms with Gasteiger partial charge in [0.05, 0.1) is 0 Å². The Balaban J connectivity index is 2.68. The number of nitrogens with one attached hydrogen (secondary N) is 1. The molecule has 3 N–H and O–H groups in total. The summed E-state index contributed by atoms with van der Waals surface area (Å²) in [5.74, 6) is 0. The topological polar surface area (TPSA) is 85.1 Å². The van der Waals surface area contributed by atoms with Crippen molar-refractivity contribution < 1.29 is 8.42 Å². The number of nitrogens with zero attached hydrogens (tertiary/aromatic N) is 1. The minimum atomic E-state index is -3.51. The van der Waals surface area contributed by atoms with E-state index in [1.54, 1.807) is 6.07 Å². The Morgan fingerprint density at radius 2 is 2.00 bits per heavy atom. The van der Waals surface area contributed by atoms with Crippen molar-refractivity contribution in [3.05, 3.63) is 23.9 Å². The Labute approximate surface area is 109 Å². The highest BCUT2D eigenvalue weighted by atomic mass is 32.2. The van der Waals surface area contributed by atoms with Crippen LogP contribution in [0.1, 0.15) is 32.8 Å². The number of hydrogen-bond acceptors (Lipinski definition) is 4. The van der Waals surface area contributed by atoms with Crippen LogP contribution in [0.4, 0.5) is 0 Å². The van der Waals surface area contributed by atoms with Crippen LogP contribution in [0.3, 0.4) is 0 Å². The maximum atomic E-state index is 11.9. The first-order valence-corrected chi connectivity index (χ1v) is 7.37. The van der Waals surface area contributed by atoms with Gasteiger partial charge in [-0.3, -0.25) is 0 Å². The normalized spacial score (nSPS) is 12.7. The van der Waals surface area contributed by atoms with Crippen LogP contribution in [0.15, 0.2) is 23.4 Å². The Kier molecular flexibility index (Phi) is 4.84. The van der Waals surface area contributed by atoms with E-state index in [1.165, 1.54) is 12.3 Å². The van der Waals surface area contributed by atoms with E-state index in [-0.39, 0.29) is 10.4 Å². The highest BCUT2D eigenvalue weighted by Gasteiger charge is 2.17. The molecule has 5 nitrogen and oxygen atoms in total. The number of aromatic nitrogens is 1. The molecule has 0 spiro atoms. The Morgan fingerprint density at radius 3 is 2.44 bits per heavy atom. The molecule has 0 unspecified atom stereocenters. The summed E-state index contributed by atoms with van der Waals surface area (Å²) >= 11 is 0. The predicted molar refractivity (Wildman–Crippen MR) is 71.4 cm³/mol. The van der Waals surface area contributed by atoms with Gasteiger partial charge in [0.15, 0.2) is 5.03 Å². The molecule has 102 valence electrons. The molecule has 0 fully saturated rings. The SMILES string of the molecule is CC(C)(C)CCNS(=O)(=O)c1ccc(CN)cn1. The Bertz CT molecular complexity index is 475. The van der Waals surface area contributed by atoms with E-state index >= 15 is 0 Å². The minimum Gasteiger partial charge on any atom is -0.326 e. The molecule has 6 heteroatoms. The van der Waals surface area contributed by atoms with Gasteiger partial charge in [0.1, 0.15) is 0 Å². The average molecular weight is 271 g/mol. The van der Waals surface area contributed by atoms with E-state index in [4.69, 9.17) is 5.73 Å². The monoisotopic (exact) mass is 271 g/mol. The molecule has 1 rings (SSSR count). The smallest absolute Gasteiger partial charge is 0.258 e. The molecule has 0 aliphatic rings. The molecular formula is C12H21N3O2S. The van der Waals surface area contributed by atoms with Gasteiger partial charge in [-0.15, -0.1) is 0 Å². The molecule has 1 heterocycles. The third-order valence-electron chi connectivity index (χ3n) is 2.48. The Hall–Kier alpha value is -0.980. The number of sulfonamides is 1. The zero-order chi connectivity index (χ0) is 13.8. The molecule has 0 atom stereocenters. The van der Waals surface area contributed by atoms with Crippen LogP contribution in [0, 0.1) is 5.41 Å². The highest BCUT2D eigenvalue weighted by molar-refractivity contribution is 7.89. The first kappa shape index (κ1) is 15.1. The van der Waals surface area contributed by atoms with Crippen LogP contribution in [0.25, 0.3) is 0 Å². The van der Waals surface area contributed by atoms with Gasteiger partial charge in [-0.2, -0.15) is 0 Å². The maximum Gasteiger partial charge on any atom is 0.258 e. The molecule has 1 aromatic heterocycles. The molecule has 0 radical (unpaired) electrons. The van der Waals surface area contributed by atoms with Gasteiger partial charge in [0, 0.05) is 19.3 Å². The third kappa shape index (κ3) is 4.72. The zero-order valence-electron chi connectivity index (χ0n) is 11.1. The van der Waals surface area contributed by atoms with Crippen molar-refractivity contribution in [2.45, 2.75) is 38.8 Å². The second kappa shape index (κ2) is 5.77. The van der Waals surface area contributed by atoms with Gasteiger partial charge >= 0.3 is 0 Å². The summed E-state index contributed by atoms with van der Waals surface area (Å²) in [6.07, 6.45) is 2.26. The standard InChI is InChI=1S/C12H21N3O2S/c1-12(2,3)6-7-15-18(16,17)11-5-4-10(8-13)9-14-11/h4-5,9,15H,6-8,13H2,1-3H3. The lowest BCUT2D eigenvalue weighted by atomic mass is 9.93. The number of hydrogen-bond donors (Lipinski definition) is 2. The summed E-state index contributed by atoms with van der Waals surface area (Å²) in [6, 6.07) is 3.15. The summed E-state index contributed by atoms with van der Waals surface area (Å²) in [6.45, 7) is 6.96. The van der Waals surface area contributed by atoms with Gasteiger partial charge in [-0.05, 0) is 23.5 Å². The molecule has 0 amide bonds. The summed E-state index contributed by atoms with van der Waals surface area (Å²) in [7, 11) is -3.51. The molecule has 0 aliphatic heterocycles. The third-order valence-corrected chi connectivity index (χ3v) is 3.85. The lowest BCUT2D eigenvalue weighted by Crippen LogP contribution is -2.28. The van der Waals surface area contributed by atoms with Crippen molar-refractivity contribution in [3.8, 4) is 0 Å². The van der Waals surface area contributed by atoms with E-state index in [0.717, 1.165) is 12.0 Å². The molecule has 0 aliphatic carbocycles.